The van der Waals surface area contributed by atoms with Crippen LogP contribution in [0.4, 0.5) is 10.8 Å². The number of benzene rings is 1. The number of aromatic nitrogens is 2. The molecule has 3 heterocycles. The number of aryl methyl sites for hydroxylation is 1. The Labute approximate surface area is 186 Å². The highest BCUT2D eigenvalue weighted by Gasteiger charge is 2.12. The highest BCUT2D eigenvalue weighted by molar-refractivity contribution is 7.21. The molecule has 4 rings (SSSR count). The Kier molecular flexibility index (Phi) is 7.29. The van der Waals surface area contributed by atoms with Gasteiger partial charge in [0, 0.05) is 25.8 Å². The van der Waals surface area contributed by atoms with E-state index >= 15 is 0 Å². The van der Waals surface area contributed by atoms with E-state index in [2.05, 4.69) is 38.0 Å². The van der Waals surface area contributed by atoms with Gasteiger partial charge in [0.2, 0.25) is 0 Å². The molecule has 2 aromatic heterocycles. The van der Waals surface area contributed by atoms with Crippen LogP contribution in [0.15, 0.2) is 36.5 Å². The number of hydrazine groups is 1. The standard InChI is InChI=1S/C22H28N6O2S/c1-2-16-6-3-4-7-18(16)26-27-20(29)17-14-19-21(24-15-17)31-22(25-19)23-8-5-9-28-10-12-30-13-11-28/h3-4,6-7,14-15,26H,2,5,8-13H2,1H3,(H,23,25)(H,27,29). The van der Waals surface area contributed by atoms with Crippen molar-refractivity contribution in [2.45, 2.75) is 19.8 Å². The number of anilines is 2. The quantitative estimate of drug-likeness (QED) is 0.348. The van der Waals surface area contributed by atoms with E-state index in [1.54, 1.807) is 12.3 Å². The Morgan fingerprint density at radius 3 is 2.94 bits per heavy atom. The van der Waals surface area contributed by atoms with Crippen molar-refractivity contribution in [1.29, 1.82) is 0 Å². The number of fused-ring (bicyclic) bond motifs is 1. The van der Waals surface area contributed by atoms with Crippen LogP contribution in [0.2, 0.25) is 0 Å². The van der Waals surface area contributed by atoms with Crippen LogP contribution in [0.3, 0.4) is 0 Å². The largest absolute Gasteiger partial charge is 0.379 e. The second-order valence-electron chi connectivity index (χ2n) is 7.39. The first-order valence-electron chi connectivity index (χ1n) is 10.7. The number of ether oxygens (including phenoxy) is 1. The third-order valence-electron chi connectivity index (χ3n) is 5.25. The minimum absolute atomic E-state index is 0.242. The van der Waals surface area contributed by atoms with Crippen LogP contribution in [-0.4, -0.2) is 60.2 Å². The number of amides is 1. The van der Waals surface area contributed by atoms with E-state index in [0.717, 1.165) is 79.0 Å². The number of hydrogen-bond donors (Lipinski definition) is 3. The smallest absolute Gasteiger partial charge is 0.271 e. The summed E-state index contributed by atoms with van der Waals surface area (Å²) >= 11 is 1.50. The predicted molar refractivity (Wildman–Crippen MR) is 125 cm³/mol. The van der Waals surface area contributed by atoms with Crippen molar-refractivity contribution in [2.75, 3.05) is 50.1 Å². The number of nitrogens with zero attached hydrogens (tertiary/aromatic N) is 3. The molecule has 1 fully saturated rings. The molecule has 0 atom stereocenters. The Morgan fingerprint density at radius 1 is 1.26 bits per heavy atom. The lowest BCUT2D eigenvalue weighted by molar-refractivity contribution is 0.0378. The molecule has 0 aliphatic carbocycles. The maximum Gasteiger partial charge on any atom is 0.271 e. The lowest BCUT2D eigenvalue weighted by Crippen LogP contribution is -2.37. The molecule has 1 saturated heterocycles. The van der Waals surface area contributed by atoms with Gasteiger partial charge >= 0.3 is 0 Å². The first-order chi connectivity index (χ1) is 15.2. The molecule has 3 N–H and O–H groups in total. The fraction of sp³-hybridized carbons (Fsp3) is 0.409. The summed E-state index contributed by atoms with van der Waals surface area (Å²) in [6.07, 6.45) is 3.51. The van der Waals surface area contributed by atoms with Crippen molar-refractivity contribution in [1.82, 2.24) is 20.3 Å². The molecule has 0 bridgehead atoms. The summed E-state index contributed by atoms with van der Waals surface area (Å²) in [7, 11) is 0. The van der Waals surface area contributed by atoms with Crippen LogP contribution in [0, 0.1) is 0 Å². The first kappa shape index (κ1) is 21.5. The zero-order chi connectivity index (χ0) is 21.5. The highest BCUT2D eigenvalue weighted by atomic mass is 32.1. The van der Waals surface area contributed by atoms with Crippen LogP contribution in [0.1, 0.15) is 29.3 Å². The fourth-order valence-electron chi connectivity index (χ4n) is 3.49. The molecule has 0 spiro atoms. The van der Waals surface area contributed by atoms with Gasteiger partial charge in [-0.2, -0.15) is 0 Å². The maximum atomic E-state index is 12.6. The van der Waals surface area contributed by atoms with E-state index in [4.69, 9.17) is 4.74 Å². The van der Waals surface area contributed by atoms with Crippen LogP contribution < -0.4 is 16.2 Å². The predicted octanol–water partition coefficient (Wildman–Crippen LogP) is 3.14. The first-order valence-corrected chi connectivity index (χ1v) is 11.5. The summed E-state index contributed by atoms with van der Waals surface area (Å²) < 4.78 is 5.38. The van der Waals surface area contributed by atoms with Crippen LogP contribution >= 0.6 is 11.3 Å². The van der Waals surface area contributed by atoms with E-state index in [1.165, 1.54) is 11.3 Å². The molecule has 1 aliphatic rings. The molecule has 3 aromatic rings. The van der Waals surface area contributed by atoms with Crippen molar-refractivity contribution in [3.63, 3.8) is 0 Å². The number of thiazole rings is 1. The summed E-state index contributed by atoms with van der Waals surface area (Å²) in [5, 5.41) is 4.21. The van der Waals surface area contributed by atoms with E-state index in [9.17, 15) is 4.79 Å². The number of hydrogen-bond acceptors (Lipinski definition) is 8. The van der Waals surface area contributed by atoms with E-state index in [0.29, 0.717) is 5.56 Å². The monoisotopic (exact) mass is 440 g/mol. The molecule has 31 heavy (non-hydrogen) atoms. The fourth-order valence-corrected chi connectivity index (χ4v) is 4.31. The number of rotatable bonds is 9. The molecule has 1 aromatic carbocycles. The average molecular weight is 441 g/mol. The molecular formula is C22H28N6O2S. The van der Waals surface area contributed by atoms with Gasteiger partial charge in [-0.3, -0.25) is 20.5 Å². The number of morpholine rings is 1. The Balaban J connectivity index is 1.30. The van der Waals surface area contributed by atoms with Crippen molar-refractivity contribution in [2.24, 2.45) is 0 Å². The number of carbonyl (C=O) groups is 1. The Bertz CT molecular complexity index is 1020. The minimum Gasteiger partial charge on any atom is -0.379 e. The molecule has 8 nitrogen and oxygen atoms in total. The maximum absolute atomic E-state index is 12.6. The van der Waals surface area contributed by atoms with Crippen molar-refractivity contribution < 1.29 is 9.53 Å². The van der Waals surface area contributed by atoms with E-state index in [-0.39, 0.29) is 5.91 Å². The number of para-hydroxylation sites is 1. The minimum atomic E-state index is -0.242. The van der Waals surface area contributed by atoms with Gasteiger partial charge in [-0.25, -0.2) is 9.97 Å². The summed E-state index contributed by atoms with van der Waals surface area (Å²) in [5.74, 6) is -0.242. The summed E-state index contributed by atoms with van der Waals surface area (Å²) in [6, 6.07) is 9.68. The summed E-state index contributed by atoms with van der Waals surface area (Å²) in [6.45, 7) is 7.66. The molecule has 1 amide bonds. The Hall–Kier alpha value is -2.75. The lowest BCUT2D eigenvalue weighted by Gasteiger charge is -2.26. The van der Waals surface area contributed by atoms with Crippen molar-refractivity contribution in [3.05, 3.63) is 47.7 Å². The van der Waals surface area contributed by atoms with Gasteiger partial charge in [-0.05, 0) is 37.1 Å². The van der Waals surface area contributed by atoms with Crippen molar-refractivity contribution >= 4 is 38.4 Å². The van der Waals surface area contributed by atoms with E-state index < -0.39 is 0 Å². The Morgan fingerprint density at radius 2 is 2.10 bits per heavy atom. The van der Waals surface area contributed by atoms with Crippen LogP contribution in [0.25, 0.3) is 10.3 Å². The molecule has 0 saturated carbocycles. The number of nitrogens with one attached hydrogen (secondary N) is 3. The lowest BCUT2D eigenvalue weighted by atomic mass is 10.1. The number of pyridine rings is 1. The molecule has 164 valence electrons. The van der Waals surface area contributed by atoms with Gasteiger partial charge in [0.15, 0.2) is 5.13 Å². The molecule has 0 radical (unpaired) electrons. The normalized spacial score (nSPS) is 14.5. The molecule has 0 unspecified atom stereocenters. The topological polar surface area (TPSA) is 91.4 Å². The third-order valence-corrected chi connectivity index (χ3v) is 6.19. The van der Waals surface area contributed by atoms with Gasteiger partial charge in [-0.15, -0.1) is 0 Å². The third kappa shape index (κ3) is 5.69. The van der Waals surface area contributed by atoms with E-state index in [1.807, 2.05) is 24.3 Å². The summed E-state index contributed by atoms with van der Waals surface area (Å²) in [4.78, 5) is 24.8. The SMILES string of the molecule is CCc1ccccc1NNC(=O)c1cnc2sc(NCCCN3CCOCC3)nc2c1. The highest BCUT2D eigenvalue weighted by Crippen LogP contribution is 2.24. The van der Waals surface area contributed by atoms with Crippen molar-refractivity contribution in [3.8, 4) is 0 Å². The molecule has 1 aliphatic heterocycles. The second-order valence-corrected chi connectivity index (χ2v) is 8.37. The second kappa shape index (κ2) is 10.5. The zero-order valence-corrected chi connectivity index (χ0v) is 18.5. The average Bonchev–Trinajstić information content (AvgIpc) is 3.23. The summed E-state index contributed by atoms with van der Waals surface area (Å²) in [5.41, 5.74) is 8.99. The van der Waals surface area contributed by atoms with Gasteiger partial charge in [0.05, 0.1) is 24.5 Å². The molecular weight excluding hydrogens is 412 g/mol. The zero-order valence-electron chi connectivity index (χ0n) is 17.7. The van der Waals surface area contributed by atoms with Gasteiger partial charge in [-0.1, -0.05) is 36.5 Å². The van der Waals surface area contributed by atoms with Crippen LogP contribution in [0.5, 0.6) is 0 Å². The van der Waals surface area contributed by atoms with Gasteiger partial charge in [0.25, 0.3) is 5.91 Å². The van der Waals surface area contributed by atoms with Gasteiger partial charge in [0.1, 0.15) is 10.3 Å². The number of carbonyl (C=O) groups excluding carboxylic acids is 1. The molecule has 9 heteroatoms. The van der Waals surface area contributed by atoms with Gasteiger partial charge < -0.3 is 10.1 Å². The van der Waals surface area contributed by atoms with Crippen LogP contribution in [-0.2, 0) is 11.2 Å².